The van der Waals surface area contributed by atoms with Crippen LogP contribution >= 0.6 is 11.3 Å². The summed E-state index contributed by atoms with van der Waals surface area (Å²) in [4.78, 5) is 29.7. The Hall–Kier alpha value is -3.72. The van der Waals surface area contributed by atoms with Gasteiger partial charge in [0, 0.05) is 22.8 Å². The first kappa shape index (κ1) is 24.0. The van der Waals surface area contributed by atoms with Crippen LogP contribution in [0.5, 0.6) is 11.5 Å². The van der Waals surface area contributed by atoms with Crippen molar-refractivity contribution in [3.05, 3.63) is 64.6 Å². The lowest BCUT2D eigenvalue weighted by atomic mass is 10.1. The number of aromatic nitrogens is 3. The molecule has 1 aliphatic heterocycles. The molecule has 0 radical (unpaired) electrons. The summed E-state index contributed by atoms with van der Waals surface area (Å²) in [5.41, 5.74) is 3.53. The van der Waals surface area contributed by atoms with Gasteiger partial charge in [-0.05, 0) is 82.5 Å². The Morgan fingerprint density at radius 3 is 2.67 bits per heavy atom. The van der Waals surface area contributed by atoms with Crippen LogP contribution in [0.3, 0.4) is 0 Å². The van der Waals surface area contributed by atoms with E-state index in [1.54, 1.807) is 28.8 Å². The Morgan fingerprint density at radius 1 is 1.11 bits per heavy atom. The Balaban J connectivity index is 1.37. The molecule has 0 fully saturated rings. The first-order valence-electron chi connectivity index (χ1n) is 11.9. The third-order valence-electron chi connectivity index (χ3n) is 5.84. The highest BCUT2D eigenvalue weighted by atomic mass is 32.1. The highest BCUT2D eigenvalue weighted by molar-refractivity contribution is 7.19. The van der Waals surface area contributed by atoms with Gasteiger partial charge in [-0.25, -0.2) is 14.8 Å². The van der Waals surface area contributed by atoms with Crippen molar-refractivity contribution < 1.29 is 14.3 Å². The lowest BCUT2D eigenvalue weighted by molar-refractivity contribution is 0.0227. The van der Waals surface area contributed by atoms with Crippen molar-refractivity contribution in [3.8, 4) is 11.5 Å². The largest absolute Gasteiger partial charge is 0.455 e. The molecule has 9 heteroatoms. The van der Waals surface area contributed by atoms with Crippen LogP contribution in [0.4, 0.5) is 16.3 Å². The molecule has 3 aromatic heterocycles. The molecule has 186 valence electrons. The van der Waals surface area contributed by atoms with Gasteiger partial charge in [0.2, 0.25) is 0 Å². The quantitative estimate of drug-likeness (QED) is 0.338. The molecule has 36 heavy (non-hydrogen) atoms. The lowest BCUT2D eigenvalue weighted by Gasteiger charge is -2.30. The second-order valence-corrected chi connectivity index (χ2v) is 11.0. The Morgan fingerprint density at radius 2 is 1.94 bits per heavy atom. The second-order valence-electron chi connectivity index (χ2n) is 9.90. The van der Waals surface area contributed by atoms with Crippen molar-refractivity contribution in [2.75, 3.05) is 11.9 Å². The monoisotopic (exact) mass is 503 g/mol. The molecule has 1 N–H and O–H groups in total. The molecular formula is C27H29N5O3S. The molecule has 0 aliphatic carbocycles. The average Bonchev–Trinajstić information content (AvgIpc) is 3.20. The number of pyridine rings is 1. The summed E-state index contributed by atoms with van der Waals surface area (Å²) in [7, 11) is 0. The van der Waals surface area contributed by atoms with Crippen LogP contribution in [-0.2, 0) is 17.7 Å². The molecular weight excluding hydrogens is 474 g/mol. The van der Waals surface area contributed by atoms with Gasteiger partial charge in [-0.15, -0.1) is 11.3 Å². The van der Waals surface area contributed by atoms with Crippen molar-refractivity contribution >= 4 is 39.2 Å². The fraction of sp³-hybridized carbons (Fsp3) is 0.333. The van der Waals surface area contributed by atoms with Crippen molar-refractivity contribution in [1.82, 2.24) is 19.9 Å². The number of carbonyl (C=O) groups excluding carboxylic acids is 1. The molecule has 1 amide bonds. The van der Waals surface area contributed by atoms with Gasteiger partial charge in [0.15, 0.2) is 0 Å². The number of benzene rings is 1. The molecule has 0 spiro atoms. The highest BCUT2D eigenvalue weighted by Crippen LogP contribution is 2.38. The van der Waals surface area contributed by atoms with Crippen molar-refractivity contribution in [1.29, 1.82) is 0 Å². The van der Waals surface area contributed by atoms with Crippen LogP contribution in [0.2, 0.25) is 0 Å². The maximum absolute atomic E-state index is 12.6. The van der Waals surface area contributed by atoms with E-state index >= 15 is 0 Å². The summed E-state index contributed by atoms with van der Waals surface area (Å²) in [6.07, 6.45) is 3.75. The minimum absolute atomic E-state index is 0.283. The lowest BCUT2D eigenvalue weighted by Crippen LogP contribution is -2.39. The number of nitrogens with zero attached hydrogens (tertiary/aromatic N) is 4. The number of hydrogen-bond donors (Lipinski definition) is 1. The van der Waals surface area contributed by atoms with E-state index in [-0.39, 0.29) is 6.09 Å². The van der Waals surface area contributed by atoms with Gasteiger partial charge in [0.25, 0.3) is 0 Å². The summed E-state index contributed by atoms with van der Waals surface area (Å²) in [6.45, 7) is 10.7. The maximum atomic E-state index is 12.6. The minimum Gasteiger partial charge on any atom is -0.455 e. The van der Waals surface area contributed by atoms with Gasteiger partial charge in [-0.3, -0.25) is 4.98 Å². The van der Waals surface area contributed by atoms with Crippen LogP contribution in [-0.4, -0.2) is 38.1 Å². The molecule has 4 aromatic rings. The van der Waals surface area contributed by atoms with E-state index in [2.05, 4.69) is 20.3 Å². The number of aryl methyl sites for hydroxylation is 2. The predicted molar refractivity (Wildman–Crippen MR) is 141 cm³/mol. The molecule has 5 rings (SSSR count). The van der Waals surface area contributed by atoms with Gasteiger partial charge in [0.1, 0.15) is 34.1 Å². The van der Waals surface area contributed by atoms with Crippen LogP contribution in [0.15, 0.2) is 42.9 Å². The number of thiophene rings is 1. The molecule has 8 nitrogen and oxygen atoms in total. The molecule has 1 aliphatic rings. The summed E-state index contributed by atoms with van der Waals surface area (Å²) < 4.78 is 11.6. The molecule has 1 aromatic carbocycles. The summed E-state index contributed by atoms with van der Waals surface area (Å²) in [5.74, 6) is 2.24. The molecule has 0 bridgehead atoms. The number of amides is 1. The predicted octanol–water partition coefficient (Wildman–Crippen LogP) is 6.53. The van der Waals surface area contributed by atoms with Crippen molar-refractivity contribution in [3.63, 3.8) is 0 Å². The van der Waals surface area contributed by atoms with Gasteiger partial charge in [-0.1, -0.05) is 0 Å². The number of carbonyl (C=O) groups is 1. The summed E-state index contributed by atoms with van der Waals surface area (Å²) >= 11 is 1.60. The molecule has 4 heterocycles. The number of hydrogen-bond acceptors (Lipinski definition) is 8. The molecule has 0 saturated carbocycles. The summed E-state index contributed by atoms with van der Waals surface area (Å²) in [5, 5.41) is 4.49. The van der Waals surface area contributed by atoms with Crippen molar-refractivity contribution in [2.24, 2.45) is 0 Å². The zero-order valence-electron chi connectivity index (χ0n) is 21.1. The van der Waals surface area contributed by atoms with Gasteiger partial charge < -0.3 is 19.7 Å². The van der Waals surface area contributed by atoms with E-state index in [0.29, 0.717) is 18.8 Å². The van der Waals surface area contributed by atoms with Crippen LogP contribution in [0, 0.1) is 13.8 Å². The van der Waals surface area contributed by atoms with Crippen LogP contribution < -0.4 is 10.1 Å². The topological polar surface area (TPSA) is 89.5 Å². The van der Waals surface area contributed by atoms with Gasteiger partial charge in [-0.2, -0.15) is 0 Å². The molecule has 0 saturated heterocycles. The number of rotatable bonds is 4. The first-order chi connectivity index (χ1) is 17.2. The zero-order chi connectivity index (χ0) is 25.4. The van der Waals surface area contributed by atoms with E-state index < -0.39 is 5.60 Å². The Labute approximate surface area is 214 Å². The first-order valence-corrected chi connectivity index (χ1v) is 12.7. The van der Waals surface area contributed by atoms with Crippen molar-refractivity contribution in [2.45, 2.75) is 53.2 Å². The van der Waals surface area contributed by atoms with Crippen LogP contribution in [0.1, 0.15) is 42.5 Å². The third-order valence-corrected chi connectivity index (χ3v) is 6.96. The average molecular weight is 504 g/mol. The van der Waals surface area contributed by atoms with E-state index in [9.17, 15) is 4.79 Å². The Bertz CT molecular complexity index is 1430. The van der Waals surface area contributed by atoms with Crippen LogP contribution in [0.25, 0.3) is 10.2 Å². The number of nitrogens with one attached hydrogen (secondary N) is 1. The van der Waals surface area contributed by atoms with E-state index in [0.717, 1.165) is 50.0 Å². The fourth-order valence-electron chi connectivity index (χ4n) is 4.12. The zero-order valence-corrected chi connectivity index (χ0v) is 21.9. The summed E-state index contributed by atoms with van der Waals surface area (Å²) in [6, 6.07) is 9.79. The fourth-order valence-corrected chi connectivity index (χ4v) is 5.33. The van der Waals surface area contributed by atoms with Gasteiger partial charge in [0.05, 0.1) is 18.1 Å². The highest BCUT2D eigenvalue weighted by Gasteiger charge is 2.29. The Kier molecular flexibility index (Phi) is 6.26. The second kappa shape index (κ2) is 9.39. The molecule has 0 unspecified atom stereocenters. The maximum Gasteiger partial charge on any atom is 0.410 e. The standard InChI is InChI=1S/C27H29N5O3S/c1-16-12-18(7-9-21(16)34-19-8-6-17(2)28-13-19)31-24-23-20-10-11-32(26(33)35-27(3,4)5)14-22(20)36-25(23)30-15-29-24/h6-9,12-13,15H,10-11,14H2,1-5H3,(H,29,30,31). The number of ether oxygens (including phenoxy) is 2. The van der Waals surface area contributed by atoms with Gasteiger partial charge >= 0.3 is 6.09 Å². The van der Waals surface area contributed by atoms with E-state index in [1.165, 1.54) is 5.56 Å². The smallest absolute Gasteiger partial charge is 0.410 e. The number of anilines is 2. The number of fused-ring (bicyclic) bond motifs is 3. The normalized spacial score (nSPS) is 13.4. The SMILES string of the molecule is Cc1ccc(Oc2ccc(Nc3ncnc4sc5c(c34)CCN(C(=O)OC(C)(C)C)C5)cc2C)cn1. The molecule has 0 atom stereocenters. The minimum atomic E-state index is -0.518. The van der Waals surface area contributed by atoms with E-state index in [1.807, 2.05) is 65.0 Å². The third kappa shape index (κ3) is 5.11. The van der Waals surface area contributed by atoms with E-state index in [4.69, 9.17) is 9.47 Å².